The van der Waals surface area contributed by atoms with Gasteiger partial charge in [-0.15, -0.1) is 13.2 Å². The molecule has 138 valence electrons. The predicted octanol–water partition coefficient (Wildman–Crippen LogP) is 3.66. The molecule has 0 fully saturated rings. The van der Waals surface area contributed by atoms with E-state index in [9.17, 15) is 13.2 Å². The van der Waals surface area contributed by atoms with Crippen molar-refractivity contribution in [2.45, 2.75) is 18.8 Å². The number of benzene rings is 2. The summed E-state index contributed by atoms with van der Waals surface area (Å²) in [5, 5.41) is 1.41. The first kappa shape index (κ1) is 18.1. The normalized spacial score (nSPS) is 20.7. The summed E-state index contributed by atoms with van der Waals surface area (Å²) in [5.74, 6) is 0.0169. The van der Waals surface area contributed by atoms with Crippen molar-refractivity contribution < 1.29 is 22.7 Å². The Morgan fingerprint density at radius 3 is 2.46 bits per heavy atom. The average Bonchev–Trinajstić information content (AvgIpc) is 2.58. The van der Waals surface area contributed by atoms with Crippen LogP contribution in [0, 0.1) is 0 Å². The molecule has 0 aliphatic carbocycles. The van der Waals surface area contributed by atoms with E-state index in [4.69, 9.17) is 10.6 Å². The highest BCUT2D eigenvalue weighted by molar-refractivity contribution is 5.78. The lowest BCUT2D eigenvalue weighted by Crippen LogP contribution is -2.45. The fourth-order valence-electron chi connectivity index (χ4n) is 2.67. The topological polar surface area (TPSA) is 60.1 Å². The van der Waals surface area contributed by atoms with Crippen LogP contribution in [0.4, 0.5) is 13.2 Å². The van der Waals surface area contributed by atoms with Gasteiger partial charge in [-0.3, -0.25) is 4.84 Å². The number of hydrogen-bond donors (Lipinski definition) is 1. The minimum atomic E-state index is -4.71. The van der Waals surface area contributed by atoms with Gasteiger partial charge in [0.15, 0.2) is 0 Å². The number of ether oxygens (including phenoxy) is 1. The monoisotopic (exact) mass is 365 g/mol. The zero-order chi connectivity index (χ0) is 18.9. The molecule has 0 saturated heterocycles. The Hall–Kier alpha value is -2.74. The van der Waals surface area contributed by atoms with Gasteiger partial charge in [-0.05, 0) is 41.8 Å². The lowest BCUT2D eigenvalue weighted by atomic mass is 9.90. The second kappa shape index (κ2) is 6.53. The minimum absolute atomic E-state index is 0.259. The Kier molecular flexibility index (Phi) is 4.53. The van der Waals surface area contributed by atoms with Crippen LogP contribution in [0.5, 0.6) is 5.75 Å². The van der Waals surface area contributed by atoms with Crippen LogP contribution in [-0.2, 0) is 10.4 Å². The maximum Gasteiger partial charge on any atom is 0.573 e. The smallest absolute Gasteiger partial charge is 0.406 e. The zero-order valence-electron chi connectivity index (χ0n) is 14.2. The van der Waals surface area contributed by atoms with Gasteiger partial charge in [0.1, 0.15) is 17.9 Å². The minimum Gasteiger partial charge on any atom is -0.406 e. The van der Waals surface area contributed by atoms with Gasteiger partial charge in [0.25, 0.3) is 0 Å². The van der Waals surface area contributed by atoms with Crippen LogP contribution in [0.15, 0.2) is 53.5 Å². The van der Waals surface area contributed by atoms with Gasteiger partial charge in [-0.2, -0.15) is 0 Å². The van der Waals surface area contributed by atoms with Crippen LogP contribution in [-0.4, -0.2) is 31.0 Å². The lowest BCUT2D eigenvalue weighted by Gasteiger charge is -2.34. The van der Waals surface area contributed by atoms with E-state index in [1.807, 2.05) is 31.2 Å². The van der Waals surface area contributed by atoms with Crippen LogP contribution < -0.4 is 10.5 Å². The number of nitrogens with two attached hydrogens (primary N) is 1. The number of halogens is 3. The van der Waals surface area contributed by atoms with Crippen LogP contribution in [0.3, 0.4) is 0 Å². The van der Waals surface area contributed by atoms with Crippen molar-refractivity contribution in [3.63, 3.8) is 0 Å². The van der Waals surface area contributed by atoms with Gasteiger partial charge in [0.05, 0.1) is 0 Å². The molecule has 1 aliphatic heterocycles. The van der Waals surface area contributed by atoms with Crippen molar-refractivity contribution in [2.75, 3.05) is 13.7 Å². The first-order valence-electron chi connectivity index (χ1n) is 7.85. The predicted molar refractivity (Wildman–Crippen MR) is 91.3 cm³/mol. The molecule has 1 aliphatic rings. The molecule has 0 spiro atoms. The molecule has 3 rings (SSSR count). The summed E-state index contributed by atoms with van der Waals surface area (Å²) in [7, 11) is 1.68. The van der Waals surface area contributed by atoms with Crippen molar-refractivity contribution in [1.29, 1.82) is 0 Å². The van der Waals surface area contributed by atoms with E-state index in [-0.39, 0.29) is 11.7 Å². The second-order valence-corrected chi connectivity index (χ2v) is 6.17. The van der Waals surface area contributed by atoms with Crippen molar-refractivity contribution in [3.05, 3.63) is 54.1 Å². The molecule has 0 amide bonds. The fourth-order valence-corrected chi connectivity index (χ4v) is 2.67. The molecular weight excluding hydrogens is 347 g/mol. The molecule has 8 heteroatoms. The molecule has 5 nitrogen and oxygen atoms in total. The molecule has 0 bridgehead atoms. The van der Waals surface area contributed by atoms with E-state index in [0.717, 1.165) is 16.7 Å². The standard InChI is InChI=1S/C18H18F3N3O2/c1-17(11-25-24(2)16(22)23-17)14-5-3-4-13(10-14)12-6-8-15(9-7-12)26-18(19,20)21/h3-10H,11H2,1-2H3,(H2,22,23). The third-order valence-electron chi connectivity index (χ3n) is 4.13. The summed E-state index contributed by atoms with van der Waals surface area (Å²) in [4.78, 5) is 10.0. The molecule has 2 N–H and O–H groups in total. The highest BCUT2D eigenvalue weighted by Crippen LogP contribution is 2.33. The third kappa shape index (κ3) is 3.91. The number of guanidine groups is 1. The van der Waals surface area contributed by atoms with Crippen LogP contribution >= 0.6 is 0 Å². The largest absolute Gasteiger partial charge is 0.573 e. The van der Waals surface area contributed by atoms with E-state index in [2.05, 4.69) is 9.73 Å². The average molecular weight is 365 g/mol. The lowest BCUT2D eigenvalue weighted by molar-refractivity contribution is -0.274. The summed E-state index contributed by atoms with van der Waals surface area (Å²) in [5.41, 5.74) is 7.70. The van der Waals surface area contributed by atoms with Crippen molar-refractivity contribution in [3.8, 4) is 16.9 Å². The highest BCUT2D eigenvalue weighted by Gasteiger charge is 2.33. The highest BCUT2D eigenvalue weighted by atomic mass is 19.4. The first-order valence-corrected chi connectivity index (χ1v) is 7.85. The zero-order valence-corrected chi connectivity index (χ0v) is 14.2. The quantitative estimate of drug-likeness (QED) is 0.902. The van der Waals surface area contributed by atoms with Gasteiger partial charge < -0.3 is 10.5 Å². The Labute approximate surface area is 148 Å². The molecule has 1 unspecified atom stereocenters. The first-order chi connectivity index (χ1) is 12.2. The summed E-state index contributed by atoms with van der Waals surface area (Å²) in [6.45, 7) is 2.23. The molecular formula is C18H18F3N3O2. The van der Waals surface area contributed by atoms with E-state index >= 15 is 0 Å². The number of hydrogen-bond acceptors (Lipinski definition) is 5. The maximum atomic E-state index is 12.3. The van der Waals surface area contributed by atoms with Crippen LogP contribution in [0.1, 0.15) is 12.5 Å². The summed E-state index contributed by atoms with van der Waals surface area (Å²) < 4.78 is 40.7. The van der Waals surface area contributed by atoms with Gasteiger partial charge in [0.2, 0.25) is 5.96 Å². The molecule has 0 saturated carbocycles. The Balaban J connectivity index is 1.88. The molecule has 1 atom stereocenters. The van der Waals surface area contributed by atoms with Gasteiger partial charge in [0, 0.05) is 7.05 Å². The van der Waals surface area contributed by atoms with E-state index in [1.165, 1.54) is 17.2 Å². The van der Waals surface area contributed by atoms with E-state index < -0.39 is 11.9 Å². The SMILES string of the molecule is CN1OCC(C)(c2cccc(-c3ccc(OC(F)(F)F)cc3)c2)N=C1N. The Morgan fingerprint density at radius 1 is 1.15 bits per heavy atom. The number of hydroxylamine groups is 2. The Morgan fingerprint density at radius 2 is 1.85 bits per heavy atom. The molecule has 2 aromatic rings. The second-order valence-electron chi connectivity index (χ2n) is 6.17. The van der Waals surface area contributed by atoms with Crippen molar-refractivity contribution >= 4 is 5.96 Å². The van der Waals surface area contributed by atoms with E-state index in [0.29, 0.717) is 6.61 Å². The fraction of sp³-hybridized carbons (Fsp3) is 0.278. The van der Waals surface area contributed by atoms with Crippen LogP contribution in [0.25, 0.3) is 11.1 Å². The molecule has 26 heavy (non-hydrogen) atoms. The van der Waals surface area contributed by atoms with Crippen molar-refractivity contribution in [2.24, 2.45) is 10.7 Å². The Bertz CT molecular complexity index is 821. The summed E-state index contributed by atoms with van der Waals surface area (Å²) >= 11 is 0. The number of nitrogens with zero attached hydrogens (tertiary/aromatic N) is 2. The number of alkyl halides is 3. The molecule has 1 heterocycles. The number of rotatable bonds is 3. The third-order valence-corrected chi connectivity index (χ3v) is 4.13. The summed E-state index contributed by atoms with van der Waals surface area (Å²) in [6.07, 6.45) is -4.71. The maximum absolute atomic E-state index is 12.3. The number of aliphatic imine (C=N–C) groups is 1. The summed E-state index contributed by atoms with van der Waals surface area (Å²) in [6, 6.07) is 13.3. The van der Waals surface area contributed by atoms with Gasteiger partial charge >= 0.3 is 6.36 Å². The molecule has 0 aromatic heterocycles. The molecule has 2 aromatic carbocycles. The van der Waals surface area contributed by atoms with E-state index in [1.54, 1.807) is 19.2 Å². The van der Waals surface area contributed by atoms with Crippen LogP contribution in [0.2, 0.25) is 0 Å². The van der Waals surface area contributed by atoms with Gasteiger partial charge in [-0.1, -0.05) is 30.3 Å². The van der Waals surface area contributed by atoms with Crippen molar-refractivity contribution in [1.82, 2.24) is 5.06 Å². The van der Waals surface area contributed by atoms with Gasteiger partial charge in [-0.25, -0.2) is 10.1 Å². The molecule has 0 radical (unpaired) electrons.